The van der Waals surface area contributed by atoms with Gasteiger partial charge >= 0.3 is 5.97 Å². The normalized spacial score (nSPS) is 10.6. The maximum atomic E-state index is 10.5. The van der Waals surface area contributed by atoms with Crippen molar-refractivity contribution < 1.29 is 9.90 Å². The molecule has 2 rings (SSSR count). The fourth-order valence-corrected chi connectivity index (χ4v) is 1.30. The summed E-state index contributed by atoms with van der Waals surface area (Å²) in [4.78, 5) is 10.5. The number of aliphatic carboxylic acids is 1. The van der Waals surface area contributed by atoms with Crippen molar-refractivity contribution in [2.75, 3.05) is 0 Å². The summed E-state index contributed by atoms with van der Waals surface area (Å²) in [5.74, 6) is -0.447. The van der Waals surface area contributed by atoms with Gasteiger partial charge in [0.15, 0.2) is 5.65 Å². The molecule has 5 heteroatoms. The molecule has 5 nitrogen and oxygen atoms in total. The van der Waals surface area contributed by atoms with Crippen LogP contribution in [0, 0.1) is 6.92 Å². The van der Waals surface area contributed by atoms with Gasteiger partial charge < -0.3 is 5.11 Å². The van der Waals surface area contributed by atoms with Crippen LogP contribution >= 0.6 is 0 Å². The maximum Gasteiger partial charge on any atom is 0.311 e. The highest BCUT2D eigenvalue weighted by Crippen LogP contribution is 2.06. The van der Waals surface area contributed by atoms with Crippen molar-refractivity contribution >= 4 is 11.6 Å². The van der Waals surface area contributed by atoms with E-state index in [-0.39, 0.29) is 6.42 Å². The molecule has 0 bridgehead atoms. The average Bonchev–Trinajstić information content (AvgIpc) is 2.47. The molecule has 0 atom stereocenters. The molecule has 1 N–H and O–H groups in total. The van der Waals surface area contributed by atoms with Crippen LogP contribution in [0.3, 0.4) is 0 Å². The van der Waals surface area contributed by atoms with Gasteiger partial charge in [0, 0.05) is 6.20 Å². The molecule has 0 amide bonds. The number of pyridine rings is 1. The van der Waals surface area contributed by atoms with Gasteiger partial charge in [-0.25, -0.2) is 0 Å². The molecule has 0 aromatic carbocycles. The van der Waals surface area contributed by atoms with E-state index in [1.165, 1.54) is 0 Å². The molecular formula is C9H9N3O2. The van der Waals surface area contributed by atoms with Crippen LogP contribution in [0.15, 0.2) is 18.3 Å². The Morgan fingerprint density at radius 3 is 3.00 bits per heavy atom. The molecule has 0 unspecified atom stereocenters. The summed E-state index contributed by atoms with van der Waals surface area (Å²) in [5.41, 5.74) is 1.72. The molecule has 2 aromatic rings. The smallest absolute Gasteiger partial charge is 0.311 e. The molecule has 0 aliphatic rings. The Morgan fingerprint density at radius 2 is 2.29 bits per heavy atom. The lowest BCUT2D eigenvalue weighted by molar-refractivity contribution is -0.136. The Balaban J connectivity index is 2.55. The van der Waals surface area contributed by atoms with Crippen molar-refractivity contribution in [1.29, 1.82) is 0 Å². The van der Waals surface area contributed by atoms with Crippen LogP contribution in [-0.4, -0.2) is 25.7 Å². The van der Waals surface area contributed by atoms with Crippen molar-refractivity contribution in [2.24, 2.45) is 0 Å². The monoisotopic (exact) mass is 191 g/mol. The number of fused-ring (bicyclic) bond motifs is 1. The molecule has 0 radical (unpaired) electrons. The predicted octanol–water partition coefficient (Wildman–Crippen LogP) is 0.665. The third-order valence-corrected chi connectivity index (χ3v) is 1.93. The summed E-state index contributed by atoms with van der Waals surface area (Å²) >= 11 is 0. The molecule has 14 heavy (non-hydrogen) atoms. The Kier molecular flexibility index (Phi) is 1.92. The minimum absolute atomic E-state index is 0.107. The number of aromatic nitrogens is 3. The summed E-state index contributed by atoms with van der Waals surface area (Å²) in [6.07, 6.45) is 1.72. The zero-order chi connectivity index (χ0) is 10.1. The summed E-state index contributed by atoms with van der Waals surface area (Å²) in [6.45, 7) is 1.93. The van der Waals surface area contributed by atoms with Gasteiger partial charge in [-0.1, -0.05) is 6.07 Å². The number of carboxylic acids is 1. The van der Waals surface area contributed by atoms with Crippen molar-refractivity contribution in [3.63, 3.8) is 0 Å². The molecule has 2 aromatic heterocycles. The number of nitrogens with zero attached hydrogens (tertiary/aromatic N) is 3. The molecule has 72 valence electrons. The van der Waals surface area contributed by atoms with E-state index in [0.717, 1.165) is 5.56 Å². The minimum atomic E-state index is -0.902. The maximum absolute atomic E-state index is 10.5. The van der Waals surface area contributed by atoms with Gasteiger partial charge in [0.1, 0.15) is 12.2 Å². The van der Waals surface area contributed by atoms with Crippen LogP contribution in [0.4, 0.5) is 0 Å². The molecule has 0 aliphatic carbocycles. The summed E-state index contributed by atoms with van der Waals surface area (Å²) in [7, 11) is 0. The predicted molar refractivity (Wildman–Crippen MR) is 49.1 cm³/mol. The Bertz CT molecular complexity index is 490. The zero-order valence-electron chi connectivity index (χ0n) is 7.64. The lowest BCUT2D eigenvalue weighted by Gasteiger charge is -1.97. The van der Waals surface area contributed by atoms with E-state index in [4.69, 9.17) is 5.11 Å². The lowest BCUT2D eigenvalue weighted by atomic mass is 10.3. The highest BCUT2D eigenvalue weighted by atomic mass is 16.4. The summed E-state index contributed by atoms with van der Waals surface area (Å²) < 4.78 is 1.70. The Labute approximate surface area is 80.0 Å². The van der Waals surface area contributed by atoms with E-state index in [1.54, 1.807) is 4.40 Å². The SMILES string of the molecule is Cc1ccc2nnc(CC(=O)O)n2c1. The van der Waals surface area contributed by atoms with Crippen LogP contribution in [0.1, 0.15) is 11.4 Å². The first-order valence-corrected chi connectivity index (χ1v) is 4.19. The highest BCUT2D eigenvalue weighted by Gasteiger charge is 2.08. The van der Waals surface area contributed by atoms with Gasteiger partial charge in [-0.05, 0) is 18.6 Å². The molecule has 0 aliphatic heterocycles. The highest BCUT2D eigenvalue weighted by molar-refractivity contribution is 5.69. The summed E-state index contributed by atoms with van der Waals surface area (Å²) in [5, 5.41) is 16.3. The Hall–Kier alpha value is -1.91. The third-order valence-electron chi connectivity index (χ3n) is 1.93. The molecule has 0 fully saturated rings. The van der Waals surface area contributed by atoms with E-state index in [0.29, 0.717) is 11.5 Å². The second kappa shape index (κ2) is 3.10. The fraction of sp³-hybridized carbons (Fsp3) is 0.222. The number of rotatable bonds is 2. The lowest BCUT2D eigenvalue weighted by Crippen LogP contribution is -2.04. The fourth-order valence-electron chi connectivity index (χ4n) is 1.30. The van der Waals surface area contributed by atoms with Gasteiger partial charge in [0.05, 0.1) is 0 Å². The van der Waals surface area contributed by atoms with E-state index in [9.17, 15) is 4.79 Å². The van der Waals surface area contributed by atoms with Gasteiger partial charge in [0.25, 0.3) is 0 Å². The molecule has 0 saturated carbocycles. The van der Waals surface area contributed by atoms with E-state index >= 15 is 0 Å². The number of aryl methyl sites for hydroxylation is 1. The van der Waals surface area contributed by atoms with Crippen molar-refractivity contribution in [3.8, 4) is 0 Å². The van der Waals surface area contributed by atoms with Crippen molar-refractivity contribution in [3.05, 3.63) is 29.7 Å². The van der Waals surface area contributed by atoms with E-state index in [2.05, 4.69) is 10.2 Å². The van der Waals surface area contributed by atoms with Crippen molar-refractivity contribution in [2.45, 2.75) is 13.3 Å². The van der Waals surface area contributed by atoms with Gasteiger partial charge in [-0.3, -0.25) is 9.20 Å². The van der Waals surface area contributed by atoms with E-state index < -0.39 is 5.97 Å². The van der Waals surface area contributed by atoms with Crippen molar-refractivity contribution in [1.82, 2.24) is 14.6 Å². The number of carboxylic acid groups (broad SMARTS) is 1. The average molecular weight is 191 g/mol. The summed E-state index contributed by atoms with van der Waals surface area (Å²) in [6, 6.07) is 3.72. The second-order valence-corrected chi connectivity index (χ2v) is 3.12. The molecule has 0 saturated heterocycles. The standard InChI is InChI=1S/C9H9N3O2/c1-6-2-3-7-10-11-8(4-9(13)14)12(7)5-6/h2-3,5H,4H2,1H3,(H,13,14). The first kappa shape index (κ1) is 8.68. The van der Waals surface area contributed by atoms with Gasteiger partial charge in [0.2, 0.25) is 0 Å². The second-order valence-electron chi connectivity index (χ2n) is 3.12. The number of hydrogen-bond acceptors (Lipinski definition) is 3. The first-order valence-electron chi connectivity index (χ1n) is 4.19. The quantitative estimate of drug-likeness (QED) is 0.757. The van der Waals surface area contributed by atoms with E-state index in [1.807, 2.05) is 25.3 Å². The van der Waals surface area contributed by atoms with Crippen LogP contribution in [0.25, 0.3) is 5.65 Å². The third kappa shape index (κ3) is 1.44. The van der Waals surface area contributed by atoms with Crippen LogP contribution in [0.2, 0.25) is 0 Å². The van der Waals surface area contributed by atoms with Crippen LogP contribution < -0.4 is 0 Å². The zero-order valence-corrected chi connectivity index (χ0v) is 7.64. The van der Waals surface area contributed by atoms with Gasteiger partial charge in [-0.2, -0.15) is 0 Å². The molecule has 0 spiro atoms. The molecular weight excluding hydrogens is 182 g/mol. The van der Waals surface area contributed by atoms with Gasteiger partial charge in [-0.15, -0.1) is 10.2 Å². The Morgan fingerprint density at radius 1 is 1.50 bits per heavy atom. The van der Waals surface area contributed by atoms with Crippen LogP contribution in [-0.2, 0) is 11.2 Å². The largest absolute Gasteiger partial charge is 0.481 e. The number of hydrogen-bond donors (Lipinski definition) is 1. The number of carbonyl (C=O) groups is 1. The minimum Gasteiger partial charge on any atom is -0.481 e. The van der Waals surface area contributed by atoms with Crippen LogP contribution in [0.5, 0.6) is 0 Å². The topological polar surface area (TPSA) is 67.5 Å². The first-order chi connectivity index (χ1) is 6.66. The molecule has 2 heterocycles.